The first-order valence-electron chi connectivity index (χ1n) is 4.45. The molecule has 0 saturated carbocycles. The third-order valence-electron chi connectivity index (χ3n) is 2.28. The first-order valence-corrected chi connectivity index (χ1v) is 6.13. The minimum absolute atomic E-state index is 0. The quantitative estimate of drug-likeness (QED) is 0.599. The highest BCUT2D eigenvalue weighted by Gasteiger charge is 2.41. The fourth-order valence-electron chi connectivity index (χ4n) is 1.62. The maximum atomic E-state index is 11.5. The Labute approximate surface area is 94.4 Å². The summed E-state index contributed by atoms with van der Waals surface area (Å²) in [6.45, 7) is 1.90. The molecular formula is C7H16ClN2O4P. The predicted molar refractivity (Wildman–Crippen MR) is 57.7 cm³/mol. The summed E-state index contributed by atoms with van der Waals surface area (Å²) in [5.41, 5.74) is 5.38. The van der Waals surface area contributed by atoms with Crippen LogP contribution in [-0.4, -0.2) is 39.0 Å². The summed E-state index contributed by atoms with van der Waals surface area (Å²) >= 11 is 0. The van der Waals surface area contributed by atoms with Gasteiger partial charge in [-0.2, -0.15) is 0 Å². The molecule has 0 bridgehead atoms. The van der Waals surface area contributed by atoms with Gasteiger partial charge in [-0.3, -0.25) is 9.36 Å². The molecule has 1 unspecified atom stereocenters. The molecule has 6 nitrogen and oxygen atoms in total. The molecule has 90 valence electrons. The van der Waals surface area contributed by atoms with Gasteiger partial charge in [0.15, 0.2) is 0 Å². The molecule has 1 rings (SSSR count). The fourth-order valence-corrected chi connectivity index (χ4v) is 2.73. The lowest BCUT2D eigenvalue weighted by Crippen LogP contribution is -2.44. The lowest BCUT2D eigenvalue weighted by atomic mass is 10.3. The lowest BCUT2D eigenvalue weighted by molar-refractivity contribution is -0.132. The van der Waals surface area contributed by atoms with E-state index in [-0.39, 0.29) is 12.4 Å². The molecule has 4 N–H and O–H groups in total. The Morgan fingerprint density at radius 1 is 1.60 bits per heavy atom. The number of hydrogen-bond donors (Lipinski definition) is 3. The smallest absolute Gasteiger partial charge is 0.327 e. The number of halogens is 1. The van der Waals surface area contributed by atoms with E-state index in [1.807, 2.05) is 0 Å². The van der Waals surface area contributed by atoms with E-state index in [4.69, 9.17) is 15.5 Å². The molecule has 0 aromatic rings. The molecule has 1 aliphatic heterocycles. The third kappa shape index (κ3) is 3.43. The highest BCUT2D eigenvalue weighted by Crippen LogP contribution is 2.47. The zero-order chi connectivity index (χ0) is 10.9. The summed E-state index contributed by atoms with van der Waals surface area (Å²) in [6.07, 6.45) is 0.969. The van der Waals surface area contributed by atoms with E-state index >= 15 is 0 Å². The van der Waals surface area contributed by atoms with Gasteiger partial charge >= 0.3 is 7.60 Å². The Balaban J connectivity index is 0.00000196. The molecule has 1 saturated heterocycles. The minimum Gasteiger partial charge on any atom is -0.327 e. The Hall–Kier alpha value is -0.130. The molecule has 2 atom stereocenters. The number of amides is 1. The summed E-state index contributed by atoms with van der Waals surface area (Å²) in [5, 5.41) is 0. The van der Waals surface area contributed by atoms with Gasteiger partial charge in [0.2, 0.25) is 5.91 Å². The van der Waals surface area contributed by atoms with Gasteiger partial charge in [-0.15, -0.1) is 12.4 Å². The third-order valence-corrected chi connectivity index (χ3v) is 3.60. The number of likely N-dealkylation sites (tertiary alicyclic amines) is 1. The van der Waals surface area contributed by atoms with E-state index in [1.165, 1.54) is 11.8 Å². The van der Waals surface area contributed by atoms with Crippen LogP contribution in [0.5, 0.6) is 0 Å². The van der Waals surface area contributed by atoms with Gasteiger partial charge < -0.3 is 20.4 Å². The largest absolute Gasteiger partial charge is 0.347 e. The number of hydrogen-bond acceptors (Lipinski definition) is 3. The van der Waals surface area contributed by atoms with Gasteiger partial charge in [-0.25, -0.2) is 0 Å². The van der Waals surface area contributed by atoms with Gasteiger partial charge in [0.25, 0.3) is 0 Å². The van der Waals surface area contributed by atoms with Gasteiger partial charge in [-0.1, -0.05) is 0 Å². The Morgan fingerprint density at radius 2 is 2.13 bits per heavy atom. The van der Waals surface area contributed by atoms with Crippen molar-refractivity contribution < 1.29 is 19.1 Å². The van der Waals surface area contributed by atoms with Crippen LogP contribution in [0.3, 0.4) is 0 Å². The summed E-state index contributed by atoms with van der Waals surface area (Å²) in [6, 6.07) is -0.706. The van der Waals surface area contributed by atoms with Gasteiger partial charge in [-0.05, 0) is 19.8 Å². The minimum atomic E-state index is -4.21. The van der Waals surface area contributed by atoms with Crippen LogP contribution in [0, 0.1) is 0 Å². The van der Waals surface area contributed by atoms with Crippen LogP contribution in [0.4, 0.5) is 0 Å². The molecule has 1 amide bonds. The summed E-state index contributed by atoms with van der Waals surface area (Å²) in [4.78, 5) is 30.6. The first-order chi connectivity index (χ1) is 6.34. The average molecular weight is 259 g/mol. The zero-order valence-electron chi connectivity index (χ0n) is 8.37. The monoisotopic (exact) mass is 258 g/mol. The van der Waals surface area contributed by atoms with E-state index < -0.39 is 25.3 Å². The summed E-state index contributed by atoms with van der Waals surface area (Å²) in [5.74, 6) is -1.36. The van der Waals surface area contributed by atoms with Crippen molar-refractivity contribution in [1.82, 2.24) is 4.90 Å². The highest BCUT2D eigenvalue weighted by atomic mass is 35.5. The van der Waals surface area contributed by atoms with Crippen LogP contribution in [0.15, 0.2) is 0 Å². The van der Waals surface area contributed by atoms with Crippen molar-refractivity contribution in [3.63, 3.8) is 0 Å². The summed E-state index contributed by atoms with van der Waals surface area (Å²) in [7, 11) is -4.21. The van der Waals surface area contributed by atoms with Crippen molar-refractivity contribution in [3.05, 3.63) is 0 Å². The molecule has 15 heavy (non-hydrogen) atoms. The lowest BCUT2D eigenvalue weighted by Gasteiger charge is -2.26. The van der Waals surface area contributed by atoms with Crippen LogP contribution >= 0.6 is 20.0 Å². The summed E-state index contributed by atoms with van der Waals surface area (Å²) < 4.78 is 11.0. The SMILES string of the molecule is C[C@H](N)C(=O)N1CCCC1P(=O)(O)O.Cl. The second kappa shape index (κ2) is 5.27. The molecular weight excluding hydrogens is 243 g/mol. The molecule has 1 fully saturated rings. The normalized spacial score (nSPS) is 23.5. The van der Waals surface area contributed by atoms with E-state index in [9.17, 15) is 9.36 Å². The number of rotatable bonds is 2. The van der Waals surface area contributed by atoms with E-state index in [0.29, 0.717) is 19.4 Å². The second-order valence-electron chi connectivity index (χ2n) is 3.53. The predicted octanol–water partition coefficient (Wildman–Crippen LogP) is -0.118. The molecule has 0 aromatic heterocycles. The molecule has 0 spiro atoms. The average Bonchev–Trinajstić information content (AvgIpc) is 2.48. The standard InChI is InChI=1S/C7H15N2O4P.ClH/c1-5(8)7(10)9-4-2-3-6(9)14(11,12)13;/h5-6H,2-4,8H2,1H3,(H2,11,12,13);1H/t5-,6?;/m0./s1. The van der Waals surface area contributed by atoms with Crippen molar-refractivity contribution in [2.45, 2.75) is 31.6 Å². The molecule has 1 heterocycles. The zero-order valence-corrected chi connectivity index (χ0v) is 10.1. The maximum absolute atomic E-state index is 11.5. The Kier molecular flexibility index (Phi) is 5.23. The van der Waals surface area contributed by atoms with Crippen LogP contribution in [-0.2, 0) is 9.36 Å². The Morgan fingerprint density at radius 3 is 2.53 bits per heavy atom. The van der Waals surface area contributed by atoms with Crippen molar-refractivity contribution in [1.29, 1.82) is 0 Å². The molecule has 0 radical (unpaired) electrons. The van der Waals surface area contributed by atoms with Crippen molar-refractivity contribution in [2.24, 2.45) is 5.73 Å². The van der Waals surface area contributed by atoms with Gasteiger partial charge in [0, 0.05) is 6.54 Å². The Bertz CT molecular complexity index is 280. The highest BCUT2D eigenvalue weighted by molar-refractivity contribution is 7.52. The van der Waals surface area contributed by atoms with E-state index in [2.05, 4.69) is 0 Å². The maximum Gasteiger partial charge on any atom is 0.347 e. The second-order valence-corrected chi connectivity index (χ2v) is 5.31. The van der Waals surface area contributed by atoms with Crippen molar-refractivity contribution in [2.75, 3.05) is 6.54 Å². The van der Waals surface area contributed by atoms with Crippen LogP contribution in [0.2, 0.25) is 0 Å². The van der Waals surface area contributed by atoms with Gasteiger partial charge in [0.1, 0.15) is 5.78 Å². The molecule has 0 aromatic carbocycles. The van der Waals surface area contributed by atoms with E-state index in [1.54, 1.807) is 0 Å². The number of nitrogens with two attached hydrogens (primary N) is 1. The van der Waals surface area contributed by atoms with Crippen LogP contribution < -0.4 is 5.73 Å². The molecule has 1 aliphatic rings. The van der Waals surface area contributed by atoms with Gasteiger partial charge in [0.05, 0.1) is 6.04 Å². The number of nitrogens with zero attached hydrogens (tertiary/aromatic N) is 1. The first kappa shape index (κ1) is 14.9. The number of carbonyl (C=O) groups is 1. The van der Waals surface area contributed by atoms with Crippen molar-refractivity contribution >= 4 is 25.9 Å². The van der Waals surface area contributed by atoms with Crippen LogP contribution in [0.25, 0.3) is 0 Å². The van der Waals surface area contributed by atoms with Crippen molar-refractivity contribution in [3.8, 4) is 0 Å². The van der Waals surface area contributed by atoms with E-state index in [0.717, 1.165) is 0 Å². The fraction of sp³-hybridized carbons (Fsp3) is 0.857. The topological polar surface area (TPSA) is 104 Å². The molecule has 0 aliphatic carbocycles. The number of carbonyl (C=O) groups excluding carboxylic acids is 1. The molecule has 8 heteroatoms. The van der Waals surface area contributed by atoms with Crippen LogP contribution in [0.1, 0.15) is 19.8 Å².